The Morgan fingerprint density at radius 3 is 1.77 bits per heavy atom. The van der Waals surface area contributed by atoms with Crippen LogP contribution in [0.5, 0.6) is 0 Å². The van der Waals surface area contributed by atoms with Crippen LogP contribution in [0.3, 0.4) is 0 Å². The van der Waals surface area contributed by atoms with Gasteiger partial charge in [-0.1, -0.05) is 24.3 Å². The molecular formula is C21H22N4O. The van der Waals surface area contributed by atoms with Gasteiger partial charge in [0, 0.05) is 30.4 Å². The summed E-state index contributed by atoms with van der Waals surface area (Å²) in [7, 11) is 0. The summed E-state index contributed by atoms with van der Waals surface area (Å²) in [4.78, 5) is 13.5. The molecule has 0 fully saturated rings. The minimum absolute atomic E-state index is 0.332. The minimum Gasteiger partial charge on any atom is -0.340 e. The monoisotopic (exact) mass is 346 g/mol. The quantitative estimate of drug-likeness (QED) is 0.685. The zero-order valence-electron chi connectivity index (χ0n) is 15.3. The van der Waals surface area contributed by atoms with Crippen molar-refractivity contribution in [3.8, 4) is 0 Å². The van der Waals surface area contributed by atoms with Gasteiger partial charge in [0.1, 0.15) is 0 Å². The standard InChI is InChI=1S/C21H22N4O/c1-4-26-21-24(17-9-5-7-15(2)13-17)19-20(23-12-11-22-19)25(21)18-10-6-8-16(3)14-18/h5-14,21H,4H2,1-3H3. The summed E-state index contributed by atoms with van der Waals surface area (Å²) >= 11 is 0. The molecule has 132 valence electrons. The van der Waals surface area contributed by atoms with Crippen LogP contribution in [0.1, 0.15) is 18.1 Å². The molecule has 0 spiro atoms. The smallest absolute Gasteiger partial charge is 0.221 e. The van der Waals surface area contributed by atoms with Crippen molar-refractivity contribution in [2.45, 2.75) is 27.1 Å². The van der Waals surface area contributed by atoms with Crippen molar-refractivity contribution in [2.75, 3.05) is 16.4 Å². The first kappa shape index (κ1) is 16.5. The molecule has 0 saturated heterocycles. The molecule has 26 heavy (non-hydrogen) atoms. The number of fused-ring (bicyclic) bond motifs is 1. The lowest BCUT2D eigenvalue weighted by molar-refractivity contribution is 0.0767. The number of rotatable bonds is 4. The highest BCUT2D eigenvalue weighted by molar-refractivity contribution is 5.82. The summed E-state index contributed by atoms with van der Waals surface area (Å²) in [6.45, 7) is 6.77. The predicted molar refractivity (Wildman–Crippen MR) is 104 cm³/mol. The average molecular weight is 346 g/mol. The maximum atomic E-state index is 6.17. The van der Waals surface area contributed by atoms with Crippen LogP contribution in [0.25, 0.3) is 0 Å². The van der Waals surface area contributed by atoms with Crippen LogP contribution >= 0.6 is 0 Å². The Labute approximate surface area is 153 Å². The van der Waals surface area contributed by atoms with E-state index in [0.717, 1.165) is 23.0 Å². The molecule has 0 amide bonds. The maximum Gasteiger partial charge on any atom is 0.221 e. The predicted octanol–water partition coefficient (Wildman–Crippen LogP) is 4.70. The summed E-state index contributed by atoms with van der Waals surface area (Å²) in [6.07, 6.45) is 3.12. The number of hydrogen-bond donors (Lipinski definition) is 0. The molecule has 2 heterocycles. The Hall–Kier alpha value is -2.92. The van der Waals surface area contributed by atoms with Crippen molar-refractivity contribution in [3.63, 3.8) is 0 Å². The lowest BCUT2D eigenvalue weighted by Crippen LogP contribution is -2.41. The molecule has 1 aromatic heterocycles. The number of aryl methyl sites for hydroxylation is 2. The van der Waals surface area contributed by atoms with Gasteiger partial charge in [-0.05, 0) is 56.2 Å². The van der Waals surface area contributed by atoms with Gasteiger partial charge < -0.3 is 4.74 Å². The summed E-state index contributed by atoms with van der Waals surface area (Å²) in [5, 5.41) is 0. The summed E-state index contributed by atoms with van der Waals surface area (Å²) < 4.78 is 6.17. The van der Waals surface area contributed by atoms with E-state index in [-0.39, 0.29) is 6.35 Å². The Balaban J connectivity index is 1.89. The average Bonchev–Trinajstić information content (AvgIpc) is 2.96. The van der Waals surface area contributed by atoms with Crippen LogP contribution in [-0.4, -0.2) is 22.9 Å². The van der Waals surface area contributed by atoms with Gasteiger partial charge in [-0.15, -0.1) is 0 Å². The van der Waals surface area contributed by atoms with Crippen LogP contribution < -0.4 is 9.80 Å². The fourth-order valence-corrected chi connectivity index (χ4v) is 3.34. The highest BCUT2D eigenvalue weighted by Gasteiger charge is 2.40. The van der Waals surface area contributed by atoms with E-state index in [1.165, 1.54) is 11.1 Å². The van der Waals surface area contributed by atoms with Crippen LogP contribution in [-0.2, 0) is 4.74 Å². The molecule has 0 N–H and O–H groups in total. The van der Waals surface area contributed by atoms with Gasteiger partial charge in [-0.25, -0.2) is 9.97 Å². The van der Waals surface area contributed by atoms with E-state index in [1.54, 1.807) is 12.4 Å². The van der Waals surface area contributed by atoms with Gasteiger partial charge >= 0.3 is 0 Å². The topological polar surface area (TPSA) is 41.5 Å². The van der Waals surface area contributed by atoms with Gasteiger partial charge in [-0.3, -0.25) is 9.80 Å². The molecule has 2 aromatic carbocycles. The van der Waals surface area contributed by atoms with Gasteiger partial charge in [0.2, 0.25) is 6.35 Å². The molecule has 0 aliphatic carbocycles. The van der Waals surface area contributed by atoms with Crippen molar-refractivity contribution in [3.05, 3.63) is 72.1 Å². The first-order valence-electron chi connectivity index (χ1n) is 8.83. The lowest BCUT2D eigenvalue weighted by atomic mass is 10.2. The third kappa shape index (κ3) is 2.80. The number of nitrogens with zero attached hydrogens (tertiary/aromatic N) is 4. The molecule has 0 radical (unpaired) electrons. The molecule has 0 bridgehead atoms. The molecule has 0 saturated carbocycles. The van der Waals surface area contributed by atoms with Gasteiger partial charge in [0.15, 0.2) is 11.6 Å². The highest BCUT2D eigenvalue weighted by atomic mass is 16.5. The molecule has 5 nitrogen and oxygen atoms in total. The number of anilines is 4. The number of benzene rings is 2. The Morgan fingerprint density at radius 1 is 0.846 bits per heavy atom. The zero-order valence-corrected chi connectivity index (χ0v) is 15.3. The molecule has 5 heteroatoms. The number of aromatic nitrogens is 2. The maximum absolute atomic E-state index is 6.17. The molecule has 1 aliphatic rings. The van der Waals surface area contributed by atoms with E-state index in [9.17, 15) is 0 Å². The highest BCUT2D eigenvalue weighted by Crippen LogP contribution is 2.45. The Kier molecular flexibility index (Phi) is 4.31. The Morgan fingerprint density at radius 2 is 1.35 bits per heavy atom. The lowest BCUT2D eigenvalue weighted by Gasteiger charge is -2.31. The van der Waals surface area contributed by atoms with Crippen molar-refractivity contribution >= 4 is 23.0 Å². The SMILES string of the molecule is CCOC1N(c2cccc(C)c2)c2nccnc2N1c1cccc(C)c1. The molecule has 3 aromatic rings. The summed E-state index contributed by atoms with van der Waals surface area (Å²) in [5.74, 6) is 1.61. The van der Waals surface area contributed by atoms with E-state index in [1.807, 2.05) is 6.92 Å². The largest absolute Gasteiger partial charge is 0.340 e. The second kappa shape index (κ2) is 6.77. The van der Waals surface area contributed by atoms with Crippen molar-refractivity contribution in [1.82, 2.24) is 9.97 Å². The van der Waals surface area contributed by atoms with Gasteiger partial charge in [0.05, 0.1) is 0 Å². The Bertz CT molecular complexity index is 855. The molecular weight excluding hydrogens is 324 g/mol. The number of ether oxygens (including phenoxy) is 1. The molecule has 0 unspecified atom stereocenters. The van der Waals surface area contributed by atoms with Crippen molar-refractivity contribution in [2.24, 2.45) is 0 Å². The fourth-order valence-electron chi connectivity index (χ4n) is 3.34. The van der Waals surface area contributed by atoms with E-state index in [4.69, 9.17) is 4.74 Å². The number of hydrogen-bond acceptors (Lipinski definition) is 5. The summed E-state index contributed by atoms with van der Waals surface area (Å²) in [6, 6.07) is 16.7. The third-order valence-corrected chi connectivity index (χ3v) is 4.43. The van der Waals surface area contributed by atoms with Crippen LogP contribution in [0, 0.1) is 13.8 Å². The van der Waals surface area contributed by atoms with Crippen LogP contribution in [0.2, 0.25) is 0 Å². The fraction of sp³-hybridized carbons (Fsp3) is 0.238. The third-order valence-electron chi connectivity index (χ3n) is 4.43. The zero-order chi connectivity index (χ0) is 18.1. The normalized spacial score (nSPS) is 14.0. The van der Waals surface area contributed by atoms with Gasteiger partial charge in [-0.2, -0.15) is 0 Å². The molecule has 4 rings (SSSR count). The molecule has 0 atom stereocenters. The van der Waals surface area contributed by atoms with Gasteiger partial charge in [0.25, 0.3) is 0 Å². The summed E-state index contributed by atoms with van der Waals surface area (Å²) in [5.41, 5.74) is 4.47. The van der Waals surface area contributed by atoms with Crippen molar-refractivity contribution in [1.29, 1.82) is 0 Å². The second-order valence-corrected chi connectivity index (χ2v) is 6.40. The van der Waals surface area contributed by atoms with Crippen LogP contribution in [0.15, 0.2) is 60.9 Å². The van der Waals surface area contributed by atoms with Crippen molar-refractivity contribution < 1.29 is 4.74 Å². The van der Waals surface area contributed by atoms with E-state index >= 15 is 0 Å². The van der Waals surface area contributed by atoms with E-state index in [0.29, 0.717) is 6.61 Å². The van der Waals surface area contributed by atoms with E-state index < -0.39 is 0 Å². The first-order chi connectivity index (χ1) is 12.7. The van der Waals surface area contributed by atoms with E-state index in [2.05, 4.69) is 82.1 Å². The molecule has 1 aliphatic heterocycles. The minimum atomic E-state index is -0.332. The van der Waals surface area contributed by atoms with Crippen LogP contribution in [0.4, 0.5) is 23.0 Å². The first-order valence-corrected chi connectivity index (χ1v) is 8.83. The second-order valence-electron chi connectivity index (χ2n) is 6.40.